The molecule has 0 atom stereocenters. The fourth-order valence-electron chi connectivity index (χ4n) is 3.20. The predicted octanol–water partition coefficient (Wildman–Crippen LogP) is 4.74. The number of H-pyrrole nitrogens is 1. The number of halogens is 1. The van der Waals surface area contributed by atoms with E-state index in [0.29, 0.717) is 28.5 Å². The first kappa shape index (κ1) is 22.3. The molecule has 3 aromatic rings. The summed E-state index contributed by atoms with van der Waals surface area (Å²) >= 11 is 6.31. The van der Waals surface area contributed by atoms with Gasteiger partial charge in [-0.1, -0.05) is 36.4 Å². The lowest BCUT2D eigenvalue weighted by molar-refractivity contribution is -0.479. The third kappa shape index (κ3) is 5.22. The van der Waals surface area contributed by atoms with E-state index in [0.717, 1.165) is 22.0 Å². The molecule has 0 bridgehead atoms. The van der Waals surface area contributed by atoms with Gasteiger partial charge in [0.15, 0.2) is 0 Å². The summed E-state index contributed by atoms with van der Waals surface area (Å²) < 4.78 is 5.64. The van der Waals surface area contributed by atoms with Crippen LogP contribution in [0.4, 0.5) is 0 Å². The minimum atomic E-state index is -0.334. The summed E-state index contributed by atoms with van der Waals surface area (Å²) in [5, 5.41) is 12.0. The van der Waals surface area contributed by atoms with Gasteiger partial charge in [0.05, 0.1) is 22.3 Å². The second-order valence-electron chi connectivity index (χ2n) is 7.14. The van der Waals surface area contributed by atoms with Gasteiger partial charge in [-0.05, 0) is 37.6 Å². The van der Waals surface area contributed by atoms with E-state index in [1.807, 2.05) is 32.0 Å². The summed E-state index contributed by atoms with van der Waals surface area (Å²) in [4.78, 5) is 23.0. The highest BCUT2D eigenvalue weighted by atomic mass is 35.5. The lowest BCUT2D eigenvalue weighted by Gasteiger charge is -2.13. The Kier molecular flexibility index (Phi) is 6.94. The van der Waals surface area contributed by atoms with Gasteiger partial charge in [-0.3, -0.25) is 10.1 Å². The van der Waals surface area contributed by atoms with Crippen molar-refractivity contribution < 1.29 is 14.5 Å². The van der Waals surface area contributed by atoms with Gasteiger partial charge >= 0.3 is 0 Å². The van der Waals surface area contributed by atoms with Crippen molar-refractivity contribution in [2.45, 2.75) is 26.4 Å². The number of hydrogen-bond acceptors (Lipinski definition) is 6. The first-order valence-electron chi connectivity index (χ1n) is 9.62. The molecule has 2 aromatic carbocycles. The first-order chi connectivity index (χ1) is 14.8. The summed E-state index contributed by atoms with van der Waals surface area (Å²) in [6.07, 6.45) is 2.08. The molecule has 3 N–H and O–H groups in total. The van der Waals surface area contributed by atoms with Crippen LogP contribution < -0.4 is 10.6 Å². The Labute approximate surface area is 184 Å². The maximum atomic E-state index is 10.7. The molecular weight excluding hydrogens is 420 g/mol. The van der Waals surface area contributed by atoms with Crippen LogP contribution in [0.25, 0.3) is 16.6 Å². The van der Waals surface area contributed by atoms with Crippen LogP contribution in [0.2, 0.25) is 5.02 Å². The van der Waals surface area contributed by atoms with Gasteiger partial charge in [0.2, 0.25) is 12.4 Å². The molecule has 3 rings (SSSR count). The van der Waals surface area contributed by atoms with Crippen LogP contribution in [-0.2, 0) is 11.3 Å². The Morgan fingerprint density at radius 3 is 2.77 bits per heavy atom. The van der Waals surface area contributed by atoms with Crippen molar-refractivity contribution >= 4 is 34.1 Å². The third-order valence-corrected chi connectivity index (χ3v) is 4.86. The smallest absolute Gasteiger partial charge is 0.245 e. The molecule has 1 aromatic heterocycles. The molecule has 0 aliphatic heterocycles. The summed E-state index contributed by atoms with van der Waals surface area (Å²) in [7, 11) is 0. The van der Waals surface area contributed by atoms with Crippen molar-refractivity contribution in [2.75, 3.05) is 6.54 Å². The fraction of sp³-hybridized carbons (Fsp3) is 0.227. The largest absolute Gasteiger partial charge is 0.489 e. The quantitative estimate of drug-likeness (QED) is 0.226. The zero-order chi connectivity index (χ0) is 22.5. The van der Waals surface area contributed by atoms with Gasteiger partial charge in [-0.25, -0.2) is 4.99 Å². The van der Waals surface area contributed by atoms with Crippen LogP contribution in [0.3, 0.4) is 0 Å². The number of aromatic nitrogens is 1. The summed E-state index contributed by atoms with van der Waals surface area (Å²) in [5.41, 5.74) is 3.34. The molecule has 31 heavy (non-hydrogen) atoms. The molecule has 162 valence electrons. The van der Waals surface area contributed by atoms with Crippen LogP contribution >= 0.6 is 11.6 Å². The van der Waals surface area contributed by atoms with E-state index in [2.05, 4.69) is 16.6 Å². The molecule has 9 heteroatoms. The molecule has 0 amide bonds. The minimum absolute atomic E-state index is 0.0152. The maximum Gasteiger partial charge on any atom is 0.245 e. The molecule has 0 aliphatic carbocycles. The van der Waals surface area contributed by atoms with E-state index in [9.17, 15) is 10.1 Å². The number of para-hydroxylation sites is 1. The zero-order valence-corrected chi connectivity index (χ0v) is 18.0. The number of benzene rings is 2. The van der Waals surface area contributed by atoms with Crippen molar-refractivity contribution in [3.63, 3.8) is 0 Å². The number of nitrogens with two attached hydrogens (primary N) is 1. The molecule has 0 aliphatic rings. The van der Waals surface area contributed by atoms with Gasteiger partial charge < -0.3 is 14.6 Å². The molecule has 8 nitrogen and oxygen atoms in total. The summed E-state index contributed by atoms with van der Waals surface area (Å²) in [5.74, 6) is 6.16. The summed E-state index contributed by atoms with van der Waals surface area (Å²) in [6, 6.07) is 10.7. The average Bonchev–Trinajstić information content (AvgIpc) is 3.14. The standard InChI is InChI=1S/C22H23ClN4O4/c1-13(2)30-20-8-7-15(11-19(20)23)22(31-24)26-14(3)17-5-4-6-18-16(9-10-27(28)29)12-25-21(17)18/h4-8,11-13,25H,3,9-10,24H2,1-2H3/b26-22-. The lowest BCUT2D eigenvalue weighted by Crippen LogP contribution is -2.13. The molecular formula is C22H23ClN4O4. The first-order valence-corrected chi connectivity index (χ1v) is 10.00. The monoisotopic (exact) mass is 442 g/mol. The number of rotatable bonds is 8. The van der Waals surface area contributed by atoms with Crippen LogP contribution in [0, 0.1) is 10.1 Å². The van der Waals surface area contributed by atoms with Gasteiger partial charge in [-0.2, -0.15) is 5.90 Å². The second-order valence-corrected chi connectivity index (χ2v) is 7.55. The SMILES string of the molecule is C=C(/N=C(\ON)c1ccc(OC(C)C)c(Cl)c1)c1cccc2c(CC[N+](=O)[O-])c[nH]c12. The Morgan fingerprint density at radius 2 is 2.13 bits per heavy atom. The molecule has 0 fully saturated rings. The molecule has 0 radical (unpaired) electrons. The number of nitro groups is 1. The zero-order valence-electron chi connectivity index (χ0n) is 17.2. The number of nitrogens with one attached hydrogen (secondary N) is 1. The topological polar surface area (TPSA) is 116 Å². The average molecular weight is 443 g/mol. The van der Waals surface area contributed by atoms with Crippen molar-refractivity contribution in [3.05, 3.63) is 81.0 Å². The van der Waals surface area contributed by atoms with E-state index < -0.39 is 0 Å². The summed E-state index contributed by atoms with van der Waals surface area (Å²) in [6.45, 7) is 7.72. The Hall–Kier alpha value is -3.36. The molecule has 0 saturated carbocycles. The highest BCUT2D eigenvalue weighted by Gasteiger charge is 2.14. The number of hydrogen-bond donors (Lipinski definition) is 2. The second kappa shape index (κ2) is 9.63. The van der Waals surface area contributed by atoms with Gasteiger partial charge in [-0.15, -0.1) is 0 Å². The number of aliphatic imine (C=N–C) groups is 1. The number of nitrogens with zero attached hydrogens (tertiary/aromatic N) is 2. The normalized spacial score (nSPS) is 11.7. The van der Waals surface area contributed by atoms with Crippen LogP contribution in [0.5, 0.6) is 5.75 Å². The van der Waals surface area contributed by atoms with E-state index in [4.69, 9.17) is 27.1 Å². The maximum absolute atomic E-state index is 10.7. The lowest BCUT2D eigenvalue weighted by atomic mass is 10.1. The number of ether oxygens (including phenoxy) is 1. The van der Waals surface area contributed by atoms with Gasteiger partial charge in [0, 0.05) is 34.1 Å². The van der Waals surface area contributed by atoms with Gasteiger partial charge in [0.1, 0.15) is 5.75 Å². The Bertz CT molecular complexity index is 1150. The van der Waals surface area contributed by atoms with Crippen LogP contribution in [0.15, 0.2) is 54.2 Å². The number of aromatic amines is 1. The van der Waals surface area contributed by atoms with E-state index in [-0.39, 0.29) is 23.5 Å². The van der Waals surface area contributed by atoms with Crippen molar-refractivity contribution in [2.24, 2.45) is 10.9 Å². The third-order valence-electron chi connectivity index (χ3n) is 4.57. The van der Waals surface area contributed by atoms with E-state index in [1.54, 1.807) is 24.4 Å². The highest BCUT2D eigenvalue weighted by molar-refractivity contribution is 6.32. The Morgan fingerprint density at radius 1 is 1.35 bits per heavy atom. The van der Waals surface area contributed by atoms with E-state index >= 15 is 0 Å². The van der Waals surface area contributed by atoms with E-state index in [1.165, 1.54) is 0 Å². The molecule has 0 spiro atoms. The Balaban J connectivity index is 1.92. The van der Waals surface area contributed by atoms with Crippen LogP contribution in [0.1, 0.15) is 30.5 Å². The van der Waals surface area contributed by atoms with Gasteiger partial charge in [0.25, 0.3) is 0 Å². The number of fused-ring (bicyclic) bond motifs is 1. The molecule has 1 heterocycles. The fourth-order valence-corrected chi connectivity index (χ4v) is 3.42. The van der Waals surface area contributed by atoms with Crippen molar-refractivity contribution in [1.82, 2.24) is 4.98 Å². The molecule has 0 saturated heterocycles. The van der Waals surface area contributed by atoms with Crippen molar-refractivity contribution in [3.8, 4) is 5.75 Å². The predicted molar refractivity (Wildman–Crippen MR) is 122 cm³/mol. The van der Waals surface area contributed by atoms with Crippen molar-refractivity contribution in [1.29, 1.82) is 0 Å². The minimum Gasteiger partial charge on any atom is -0.489 e. The highest BCUT2D eigenvalue weighted by Crippen LogP contribution is 2.29. The van der Waals surface area contributed by atoms with Crippen LogP contribution in [-0.4, -0.2) is 28.5 Å². The molecule has 0 unspecified atom stereocenters.